The molecule has 0 saturated carbocycles. The molecular weight excluding hydrogens is 219 g/mol. The summed E-state index contributed by atoms with van der Waals surface area (Å²) in [5.74, 6) is -2.14. The molecule has 82 valence electrons. The minimum absolute atomic E-state index is 0.750. The molecule has 0 fully saturated rings. The van der Waals surface area contributed by atoms with Crippen LogP contribution in [0.2, 0.25) is 0 Å². The van der Waals surface area contributed by atoms with Gasteiger partial charge < -0.3 is 4.74 Å². The van der Waals surface area contributed by atoms with Crippen molar-refractivity contribution in [2.75, 3.05) is 0 Å². The highest BCUT2D eigenvalue weighted by Crippen LogP contribution is 2.25. The van der Waals surface area contributed by atoms with Crippen LogP contribution in [0.5, 0.6) is 0 Å². The standard InChI is InChI=1S/C6H9FO6S/c1-4(8)3-6(7,13-5(2)9)14(10,11)12/h3H2,1-2H3,(H,10,11,12). The van der Waals surface area contributed by atoms with Crippen molar-refractivity contribution in [1.29, 1.82) is 0 Å². The Morgan fingerprint density at radius 2 is 1.86 bits per heavy atom. The molecule has 0 rings (SSSR count). The average Bonchev–Trinajstić information content (AvgIpc) is 1.78. The topological polar surface area (TPSA) is 97.7 Å². The zero-order valence-corrected chi connectivity index (χ0v) is 8.30. The second-order valence-electron chi connectivity index (χ2n) is 2.61. The number of alkyl halides is 1. The molecule has 0 aliphatic carbocycles. The third kappa shape index (κ3) is 3.38. The van der Waals surface area contributed by atoms with Crippen LogP contribution in [0.4, 0.5) is 4.39 Å². The minimum atomic E-state index is -5.29. The zero-order valence-electron chi connectivity index (χ0n) is 7.48. The summed E-state index contributed by atoms with van der Waals surface area (Å²) in [7, 11) is -5.29. The van der Waals surface area contributed by atoms with E-state index in [-0.39, 0.29) is 0 Å². The Bertz CT molecular complexity index is 329. The Kier molecular flexibility index (Phi) is 3.72. The van der Waals surface area contributed by atoms with Crippen LogP contribution in [-0.2, 0) is 24.4 Å². The van der Waals surface area contributed by atoms with Gasteiger partial charge in [-0.25, -0.2) is 0 Å². The first-order valence-electron chi connectivity index (χ1n) is 3.43. The Morgan fingerprint density at radius 3 is 2.07 bits per heavy atom. The Hall–Kier alpha value is -1.02. The van der Waals surface area contributed by atoms with E-state index in [9.17, 15) is 22.4 Å². The lowest BCUT2D eigenvalue weighted by Gasteiger charge is -2.19. The van der Waals surface area contributed by atoms with E-state index in [1.807, 2.05) is 0 Å². The average molecular weight is 228 g/mol. The maximum Gasteiger partial charge on any atom is 0.383 e. The summed E-state index contributed by atoms with van der Waals surface area (Å²) in [6.07, 6.45) is -1.24. The van der Waals surface area contributed by atoms with Crippen molar-refractivity contribution in [2.45, 2.75) is 25.5 Å². The molecule has 14 heavy (non-hydrogen) atoms. The summed E-state index contributed by atoms with van der Waals surface area (Å²) in [6.45, 7) is 1.64. The number of rotatable bonds is 4. The number of hydrogen-bond acceptors (Lipinski definition) is 5. The molecule has 0 spiro atoms. The van der Waals surface area contributed by atoms with Gasteiger partial charge in [-0.1, -0.05) is 0 Å². The highest BCUT2D eigenvalue weighted by Gasteiger charge is 2.48. The molecular formula is C6H9FO6S. The third-order valence-corrected chi connectivity index (χ3v) is 2.14. The smallest absolute Gasteiger partial charge is 0.383 e. The Labute approximate surface area is 79.8 Å². The molecule has 8 heteroatoms. The molecule has 1 unspecified atom stereocenters. The number of esters is 1. The molecule has 0 aromatic rings. The van der Waals surface area contributed by atoms with Crippen LogP contribution in [0.15, 0.2) is 0 Å². The van der Waals surface area contributed by atoms with Gasteiger partial charge in [-0.2, -0.15) is 12.8 Å². The fourth-order valence-corrected chi connectivity index (χ4v) is 1.30. The fourth-order valence-electron chi connectivity index (χ4n) is 0.692. The van der Waals surface area contributed by atoms with E-state index in [1.54, 1.807) is 0 Å². The summed E-state index contributed by atoms with van der Waals surface area (Å²) in [5.41, 5.74) is 0. The number of halogens is 1. The van der Waals surface area contributed by atoms with Crippen LogP contribution in [0.25, 0.3) is 0 Å². The van der Waals surface area contributed by atoms with E-state index in [0.717, 1.165) is 13.8 Å². The quantitative estimate of drug-likeness (QED) is 0.539. The predicted molar refractivity (Wildman–Crippen MR) is 42.5 cm³/mol. The largest absolute Gasteiger partial charge is 0.412 e. The minimum Gasteiger partial charge on any atom is -0.412 e. The van der Waals surface area contributed by atoms with E-state index < -0.39 is 33.5 Å². The Balaban J connectivity index is 5.06. The van der Waals surface area contributed by atoms with E-state index in [0.29, 0.717) is 0 Å². The number of Topliss-reactive ketones (excluding diaryl/α,β-unsaturated/α-hetero) is 1. The van der Waals surface area contributed by atoms with Crippen molar-refractivity contribution in [3.8, 4) is 0 Å². The third-order valence-electron chi connectivity index (χ3n) is 1.14. The molecule has 0 bridgehead atoms. The number of ketones is 1. The monoisotopic (exact) mass is 228 g/mol. The number of hydrogen-bond donors (Lipinski definition) is 1. The van der Waals surface area contributed by atoms with Crippen molar-refractivity contribution < 1.29 is 31.7 Å². The van der Waals surface area contributed by atoms with Gasteiger partial charge in [0.2, 0.25) is 0 Å². The van der Waals surface area contributed by atoms with Gasteiger partial charge in [-0.05, 0) is 6.92 Å². The maximum absolute atomic E-state index is 13.3. The van der Waals surface area contributed by atoms with Gasteiger partial charge in [-0.15, -0.1) is 0 Å². The van der Waals surface area contributed by atoms with Crippen molar-refractivity contribution in [3.05, 3.63) is 0 Å². The normalized spacial score (nSPS) is 15.7. The molecule has 0 aliphatic rings. The number of carbonyl (C=O) groups excluding carboxylic acids is 2. The second kappa shape index (κ2) is 4.01. The van der Waals surface area contributed by atoms with Crippen LogP contribution in [0.3, 0.4) is 0 Å². The fraction of sp³-hybridized carbons (Fsp3) is 0.667. The second-order valence-corrected chi connectivity index (χ2v) is 4.17. The highest BCUT2D eigenvalue weighted by atomic mass is 32.2. The molecule has 0 amide bonds. The van der Waals surface area contributed by atoms with Gasteiger partial charge in [0.05, 0.1) is 6.42 Å². The SMILES string of the molecule is CC(=O)CC(F)(OC(C)=O)S(=O)(=O)O. The van der Waals surface area contributed by atoms with E-state index in [4.69, 9.17) is 4.55 Å². The van der Waals surface area contributed by atoms with E-state index in [1.165, 1.54) is 0 Å². The van der Waals surface area contributed by atoms with Gasteiger partial charge >= 0.3 is 21.3 Å². The highest BCUT2D eigenvalue weighted by molar-refractivity contribution is 7.86. The zero-order chi connectivity index (χ0) is 11.6. The summed E-state index contributed by atoms with van der Waals surface area (Å²) in [5, 5.41) is -3.69. The molecule has 0 saturated heterocycles. The molecule has 1 N–H and O–H groups in total. The molecule has 0 radical (unpaired) electrons. The van der Waals surface area contributed by atoms with Crippen LogP contribution in [0, 0.1) is 0 Å². The molecule has 0 aliphatic heterocycles. The lowest BCUT2D eigenvalue weighted by atomic mass is 10.3. The van der Waals surface area contributed by atoms with Crippen LogP contribution < -0.4 is 0 Å². The first-order chi connectivity index (χ1) is 6.08. The lowest BCUT2D eigenvalue weighted by Crippen LogP contribution is -2.39. The van der Waals surface area contributed by atoms with E-state index >= 15 is 0 Å². The van der Waals surface area contributed by atoms with Crippen molar-refractivity contribution >= 4 is 21.9 Å². The number of ether oxygens (including phenoxy) is 1. The molecule has 0 aromatic carbocycles. The van der Waals surface area contributed by atoms with Crippen LogP contribution >= 0.6 is 0 Å². The van der Waals surface area contributed by atoms with Gasteiger partial charge in [0.25, 0.3) is 0 Å². The van der Waals surface area contributed by atoms with Gasteiger partial charge in [0, 0.05) is 6.92 Å². The van der Waals surface area contributed by atoms with Crippen molar-refractivity contribution in [1.82, 2.24) is 0 Å². The summed E-state index contributed by atoms with van der Waals surface area (Å²) >= 11 is 0. The molecule has 0 aromatic heterocycles. The molecule has 1 atom stereocenters. The summed E-state index contributed by atoms with van der Waals surface area (Å²) in [4.78, 5) is 20.8. The predicted octanol–water partition coefficient (Wildman–Crippen LogP) is 0.0397. The lowest BCUT2D eigenvalue weighted by molar-refractivity contribution is -0.164. The van der Waals surface area contributed by atoms with Crippen LogP contribution in [0.1, 0.15) is 20.3 Å². The molecule has 6 nitrogen and oxygen atoms in total. The van der Waals surface area contributed by atoms with Gasteiger partial charge in [-0.3, -0.25) is 14.1 Å². The van der Waals surface area contributed by atoms with E-state index in [2.05, 4.69) is 4.74 Å². The maximum atomic E-state index is 13.3. The van der Waals surface area contributed by atoms with Gasteiger partial charge in [0.15, 0.2) is 0 Å². The van der Waals surface area contributed by atoms with Crippen LogP contribution in [-0.4, -0.2) is 29.9 Å². The first-order valence-corrected chi connectivity index (χ1v) is 4.87. The first kappa shape index (κ1) is 13.0. The number of carbonyl (C=O) groups is 2. The summed E-state index contributed by atoms with van der Waals surface area (Å²) in [6, 6.07) is 0. The Morgan fingerprint density at radius 1 is 1.43 bits per heavy atom. The molecule has 0 heterocycles. The van der Waals surface area contributed by atoms with Crippen molar-refractivity contribution in [3.63, 3.8) is 0 Å². The van der Waals surface area contributed by atoms with Gasteiger partial charge in [0.1, 0.15) is 5.78 Å². The summed E-state index contributed by atoms with van der Waals surface area (Å²) < 4.78 is 46.4. The van der Waals surface area contributed by atoms with Crippen molar-refractivity contribution in [2.24, 2.45) is 0 Å².